The minimum Gasteiger partial charge on any atom is -0.497 e. The van der Waals surface area contributed by atoms with E-state index in [0.29, 0.717) is 38.9 Å². The van der Waals surface area contributed by atoms with Gasteiger partial charge in [-0.15, -0.1) is 0 Å². The number of carbonyl (C=O) groups excluding carboxylic acids is 1. The molecule has 0 aliphatic carbocycles. The van der Waals surface area contributed by atoms with Crippen LogP contribution in [0.25, 0.3) is 16.6 Å². The van der Waals surface area contributed by atoms with Crippen molar-refractivity contribution in [2.24, 2.45) is 0 Å². The summed E-state index contributed by atoms with van der Waals surface area (Å²) in [7, 11) is 3.04. The van der Waals surface area contributed by atoms with E-state index in [1.54, 1.807) is 42.5 Å². The molecule has 4 rings (SSSR count). The van der Waals surface area contributed by atoms with Gasteiger partial charge < -0.3 is 14.8 Å². The molecule has 33 heavy (non-hydrogen) atoms. The number of anilines is 1. The second-order valence-electron chi connectivity index (χ2n) is 6.93. The van der Waals surface area contributed by atoms with Gasteiger partial charge in [0.05, 0.1) is 42.3 Å². The molecule has 0 radical (unpaired) electrons. The second-order valence-corrected chi connectivity index (χ2v) is 7.87. The Morgan fingerprint density at radius 2 is 1.82 bits per heavy atom. The van der Waals surface area contributed by atoms with E-state index in [2.05, 4.69) is 10.3 Å². The molecular formula is C24H20FN3O4S. The van der Waals surface area contributed by atoms with Gasteiger partial charge in [0.25, 0.3) is 5.56 Å². The van der Waals surface area contributed by atoms with E-state index in [4.69, 9.17) is 9.47 Å². The maximum absolute atomic E-state index is 13.5. The first kappa shape index (κ1) is 22.3. The minimum absolute atomic E-state index is 0.0215. The quantitative estimate of drug-likeness (QED) is 0.324. The molecule has 1 aromatic heterocycles. The Labute approximate surface area is 193 Å². The maximum Gasteiger partial charge on any atom is 0.266 e. The van der Waals surface area contributed by atoms with Crippen molar-refractivity contribution >= 4 is 34.3 Å². The number of amides is 1. The molecular weight excluding hydrogens is 445 g/mol. The number of methoxy groups -OCH3 is 2. The predicted molar refractivity (Wildman–Crippen MR) is 126 cm³/mol. The molecule has 1 N–H and O–H groups in total. The number of thioether (sulfide) groups is 1. The smallest absolute Gasteiger partial charge is 0.266 e. The van der Waals surface area contributed by atoms with E-state index in [9.17, 15) is 14.0 Å². The lowest BCUT2D eigenvalue weighted by atomic mass is 10.2. The SMILES string of the molecule is COc1ccc(OC)c(NC(=O)CSc2nc3ccccc3c(=O)n2-c2ccc(F)cc2)c1. The number of ether oxygens (including phenoxy) is 2. The van der Waals surface area contributed by atoms with Crippen LogP contribution in [0, 0.1) is 5.82 Å². The van der Waals surface area contributed by atoms with Crippen molar-refractivity contribution in [1.29, 1.82) is 0 Å². The fourth-order valence-electron chi connectivity index (χ4n) is 3.26. The van der Waals surface area contributed by atoms with Crippen molar-refractivity contribution in [1.82, 2.24) is 9.55 Å². The number of nitrogens with zero attached hydrogens (tertiary/aromatic N) is 2. The Hall–Kier alpha value is -3.85. The second kappa shape index (κ2) is 9.74. The molecule has 0 unspecified atom stereocenters. The van der Waals surface area contributed by atoms with E-state index in [1.165, 1.54) is 43.1 Å². The number of halogens is 1. The lowest BCUT2D eigenvalue weighted by Gasteiger charge is -2.14. The monoisotopic (exact) mass is 465 g/mol. The largest absolute Gasteiger partial charge is 0.497 e. The van der Waals surface area contributed by atoms with Crippen molar-refractivity contribution < 1.29 is 18.7 Å². The van der Waals surface area contributed by atoms with E-state index in [-0.39, 0.29) is 17.2 Å². The van der Waals surface area contributed by atoms with E-state index in [0.717, 1.165) is 11.8 Å². The molecule has 7 nitrogen and oxygen atoms in total. The van der Waals surface area contributed by atoms with Crippen LogP contribution in [-0.4, -0.2) is 35.4 Å². The Kier molecular flexibility index (Phi) is 6.60. The number of hydrogen-bond donors (Lipinski definition) is 1. The molecule has 3 aromatic carbocycles. The van der Waals surface area contributed by atoms with Crippen LogP contribution in [0.1, 0.15) is 0 Å². The Bertz CT molecular complexity index is 1370. The zero-order valence-corrected chi connectivity index (χ0v) is 18.7. The van der Waals surface area contributed by atoms with Gasteiger partial charge in [0.15, 0.2) is 5.16 Å². The van der Waals surface area contributed by atoms with Crippen molar-refractivity contribution in [3.8, 4) is 17.2 Å². The van der Waals surface area contributed by atoms with E-state index in [1.807, 2.05) is 0 Å². The lowest BCUT2D eigenvalue weighted by Crippen LogP contribution is -2.23. The predicted octanol–water partition coefficient (Wildman–Crippen LogP) is 4.27. The average Bonchev–Trinajstić information content (AvgIpc) is 2.83. The highest BCUT2D eigenvalue weighted by atomic mass is 32.2. The lowest BCUT2D eigenvalue weighted by molar-refractivity contribution is -0.113. The molecule has 9 heteroatoms. The topological polar surface area (TPSA) is 82.5 Å². The van der Waals surface area contributed by atoms with Crippen LogP contribution < -0.4 is 20.3 Å². The third-order valence-electron chi connectivity index (χ3n) is 4.84. The van der Waals surface area contributed by atoms with Gasteiger partial charge in [-0.25, -0.2) is 9.37 Å². The number of fused-ring (bicyclic) bond motifs is 1. The fourth-order valence-corrected chi connectivity index (χ4v) is 4.07. The summed E-state index contributed by atoms with van der Waals surface area (Å²) in [6, 6.07) is 17.6. The number of hydrogen-bond acceptors (Lipinski definition) is 6. The average molecular weight is 466 g/mol. The third-order valence-corrected chi connectivity index (χ3v) is 5.78. The van der Waals surface area contributed by atoms with Gasteiger partial charge in [-0.1, -0.05) is 23.9 Å². The van der Waals surface area contributed by atoms with Gasteiger partial charge in [-0.3, -0.25) is 14.2 Å². The summed E-state index contributed by atoms with van der Waals surface area (Å²) in [6.45, 7) is 0. The van der Waals surface area contributed by atoms with E-state index < -0.39 is 5.82 Å². The van der Waals surface area contributed by atoms with Crippen LogP contribution in [0.4, 0.5) is 10.1 Å². The standard InChI is InChI=1S/C24H20FN3O4S/c1-31-17-11-12-21(32-2)20(13-17)26-22(29)14-33-24-27-19-6-4-3-5-18(19)23(30)28(24)16-9-7-15(25)8-10-16/h3-13H,14H2,1-2H3,(H,26,29). The Morgan fingerprint density at radius 3 is 2.55 bits per heavy atom. The highest BCUT2D eigenvalue weighted by Crippen LogP contribution is 2.29. The van der Waals surface area contributed by atoms with Crippen molar-refractivity contribution in [2.45, 2.75) is 5.16 Å². The molecule has 4 aromatic rings. The van der Waals surface area contributed by atoms with Crippen molar-refractivity contribution in [2.75, 3.05) is 25.3 Å². The molecule has 0 spiro atoms. The number of benzene rings is 3. The molecule has 0 bridgehead atoms. The zero-order valence-electron chi connectivity index (χ0n) is 17.9. The normalized spacial score (nSPS) is 10.8. The van der Waals surface area contributed by atoms with Crippen molar-refractivity contribution in [3.05, 3.63) is 82.9 Å². The fraction of sp³-hybridized carbons (Fsp3) is 0.125. The van der Waals surface area contributed by atoms with Gasteiger partial charge in [0.2, 0.25) is 5.91 Å². The van der Waals surface area contributed by atoms with Gasteiger partial charge in [0, 0.05) is 6.07 Å². The Morgan fingerprint density at radius 1 is 1.06 bits per heavy atom. The van der Waals surface area contributed by atoms with Gasteiger partial charge in [-0.2, -0.15) is 0 Å². The molecule has 0 fully saturated rings. The number of rotatable bonds is 7. The van der Waals surface area contributed by atoms with Crippen LogP contribution in [-0.2, 0) is 4.79 Å². The number of aromatic nitrogens is 2. The summed E-state index contributed by atoms with van der Waals surface area (Å²) in [5, 5.41) is 3.54. The first-order valence-electron chi connectivity index (χ1n) is 9.92. The summed E-state index contributed by atoms with van der Waals surface area (Å²) in [5.74, 6) is 0.300. The van der Waals surface area contributed by atoms with Crippen LogP contribution in [0.15, 0.2) is 76.7 Å². The van der Waals surface area contributed by atoms with E-state index >= 15 is 0 Å². The molecule has 168 valence electrons. The van der Waals surface area contributed by atoms with Crippen LogP contribution in [0.3, 0.4) is 0 Å². The van der Waals surface area contributed by atoms with Crippen LogP contribution in [0.2, 0.25) is 0 Å². The van der Waals surface area contributed by atoms with Crippen molar-refractivity contribution in [3.63, 3.8) is 0 Å². The minimum atomic E-state index is -0.415. The third kappa shape index (κ3) is 4.83. The zero-order chi connectivity index (χ0) is 23.4. The molecule has 0 aliphatic rings. The molecule has 0 aliphatic heterocycles. The molecule has 1 amide bonds. The summed E-state index contributed by atoms with van der Waals surface area (Å²) < 4.78 is 25.3. The number of para-hydroxylation sites is 1. The summed E-state index contributed by atoms with van der Waals surface area (Å²) in [6.07, 6.45) is 0. The summed E-state index contributed by atoms with van der Waals surface area (Å²) >= 11 is 1.10. The molecule has 1 heterocycles. The number of carbonyl (C=O) groups is 1. The highest BCUT2D eigenvalue weighted by Gasteiger charge is 2.16. The van der Waals surface area contributed by atoms with Gasteiger partial charge in [0.1, 0.15) is 17.3 Å². The van der Waals surface area contributed by atoms with Crippen LogP contribution >= 0.6 is 11.8 Å². The number of nitrogens with one attached hydrogen (secondary N) is 1. The summed E-state index contributed by atoms with van der Waals surface area (Å²) in [4.78, 5) is 30.5. The molecule has 0 saturated carbocycles. The molecule has 0 atom stereocenters. The van der Waals surface area contributed by atoms with Gasteiger partial charge in [-0.05, 0) is 48.5 Å². The van der Waals surface area contributed by atoms with Gasteiger partial charge >= 0.3 is 0 Å². The maximum atomic E-state index is 13.5. The summed E-state index contributed by atoms with van der Waals surface area (Å²) in [5.41, 5.74) is 1.13. The highest BCUT2D eigenvalue weighted by molar-refractivity contribution is 7.99. The van der Waals surface area contributed by atoms with Crippen LogP contribution in [0.5, 0.6) is 11.5 Å². The Balaban J connectivity index is 1.65. The first-order chi connectivity index (χ1) is 16.0. The molecule has 0 saturated heterocycles. The first-order valence-corrected chi connectivity index (χ1v) is 10.9.